The quantitative estimate of drug-likeness (QED) is 0.845. The van der Waals surface area contributed by atoms with E-state index in [2.05, 4.69) is 5.32 Å². The van der Waals surface area contributed by atoms with Gasteiger partial charge in [0, 0.05) is 32.1 Å². The Bertz CT molecular complexity index is 728. The smallest absolute Gasteiger partial charge is 0.317 e. The molecule has 0 saturated carbocycles. The Labute approximate surface area is 165 Å². The largest absolute Gasteiger partial charge is 0.378 e. The van der Waals surface area contributed by atoms with E-state index in [0.29, 0.717) is 52.2 Å². The lowest BCUT2D eigenvalue weighted by Gasteiger charge is -2.36. The summed E-state index contributed by atoms with van der Waals surface area (Å²) >= 11 is 0. The number of carbonyl (C=O) groups is 2. The lowest BCUT2D eigenvalue weighted by atomic mass is 9.87. The number of ether oxygens (including phenoxy) is 1. The highest BCUT2D eigenvalue weighted by Crippen LogP contribution is 2.31. The summed E-state index contributed by atoms with van der Waals surface area (Å²) in [6.45, 7) is 3.70. The summed E-state index contributed by atoms with van der Waals surface area (Å²) in [5, 5.41) is 3.09. The first-order chi connectivity index (χ1) is 13.6. The highest BCUT2D eigenvalue weighted by atomic mass is 19.1. The van der Waals surface area contributed by atoms with Crippen molar-refractivity contribution in [1.29, 1.82) is 0 Å². The lowest BCUT2D eigenvalue weighted by molar-refractivity contribution is -0.141. The molecule has 1 aliphatic carbocycles. The van der Waals surface area contributed by atoms with Gasteiger partial charge in [0.25, 0.3) is 0 Å². The molecular formula is C21H28FN3O3. The molecule has 1 aromatic carbocycles. The topological polar surface area (TPSA) is 61.9 Å². The van der Waals surface area contributed by atoms with Crippen molar-refractivity contribution in [2.24, 2.45) is 5.92 Å². The molecule has 0 radical (unpaired) electrons. The van der Waals surface area contributed by atoms with Crippen molar-refractivity contribution in [3.05, 3.63) is 35.1 Å². The predicted molar refractivity (Wildman–Crippen MR) is 102 cm³/mol. The second-order valence-electron chi connectivity index (χ2n) is 7.90. The van der Waals surface area contributed by atoms with Gasteiger partial charge in [0.15, 0.2) is 0 Å². The van der Waals surface area contributed by atoms with Crippen LogP contribution in [0.5, 0.6) is 0 Å². The molecule has 1 aromatic rings. The molecule has 1 atom stereocenters. The van der Waals surface area contributed by atoms with Crippen LogP contribution in [-0.2, 0) is 16.0 Å². The van der Waals surface area contributed by atoms with Crippen molar-refractivity contribution in [3.8, 4) is 0 Å². The Morgan fingerprint density at radius 3 is 2.54 bits per heavy atom. The first-order valence-corrected chi connectivity index (χ1v) is 10.3. The average molecular weight is 389 g/mol. The normalized spacial score (nSPS) is 23.2. The molecule has 3 aliphatic rings. The second-order valence-corrected chi connectivity index (χ2v) is 7.90. The van der Waals surface area contributed by atoms with Crippen LogP contribution in [-0.4, -0.2) is 61.1 Å². The van der Waals surface area contributed by atoms with Crippen molar-refractivity contribution in [2.75, 3.05) is 39.4 Å². The van der Waals surface area contributed by atoms with E-state index in [0.717, 1.165) is 30.4 Å². The highest BCUT2D eigenvalue weighted by molar-refractivity contribution is 5.80. The third kappa shape index (κ3) is 3.99. The number of halogens is 1. The third-order valence-electron chi connectivity index (χ3n) is 6.20. The van der Waals surface area contributed by atoms with E-state index in [1.165, 1.54) is 6.07 Å². The van der Waals surface area contributed by atoms with Crippen LogP contribution >= 0.6 is 0 Å². The van der Waals surface area contributed by atoms with Gasteiger partial charge in [0.05, 0.1) is 19.3 Å². The molecule has 7 heteroatoms. The minimum Gasteiger partial charge on any atom is -0.378 e. The van der Waals surface area contributed by atoms with Gasteiger partial charge in [-0.1, -0.05) is 12.1 Å². The van der Waals surface area contributed by atoms with Gasteiger partial charge in [0.1, 0.15) is 5.82 Å². The van der Waals surface area contributed by atoms with E-state index >= 15 is 0 Å². The molecule has 0 aromatic heterocycles. The molecule has 1 unspecified atom stereocenters. The number of morpholine rings is 1. The maximum Gasteiger partial charge on any atom is 0.317 e. The number of nitrogens with zero attached hydrogens (tertiary/aromatic N) is 2. The standard InChI is InChI=1S/C21H28FN3O3/c22-18-5-1-4-17-16(18)3-2-6-19(17)23-21(27)25-9-7-15(8-10-25)20(26)24-11-13-28-14-12-24/h1,4-5,15,19H,2-3,6-14H2,(H,23,27). The Kier molecular flexibility index (Phi) is 5.80. The number of piperidine rings is 1. The molecular weight excluding hydrogens is 361 g/mol. The minimum absolute atomic E-state index is 0.00773. The summed E-state index contributed by atoms with van der Waals surface area (Å²) in [7, 11) is 0. The van der Waals surface area contributed by atoms with Gasteiger partial charge >= 0.3 is 6.03 Å². The molecule has 4 rings (SSSR count). The Morgan fingerprint density at radius 1 is 1.04 bits per heavy atom. The fourth-order valence-electron chi connectivity index (χ4n) is 4.57. The third-order valence-corrected chi connectivity index (χ3v) is 6.20. The van der Waals surface area contributed by atoms with Gasteiger partial charge in [-0.15, -0.1) is 0 Å². The van der Waals surface area contributed by atoms with Crippen LogP contribution in [0.3, 0.4) is 0 Å². The number of benzene rings is 1. The van der Waals surface area contributed by atoms with Crippen LogP contribution in [0.2, 0.25) is 0 Å². The summed E-state index contributed by atoms with van der Waals surface area (Å²) in [6.07, 6.45) is 3.81. The summed E-state index contributed by atoms with van der Waals surface area (Å²) in [5.41, 5.74) is 1.63. The summed E-state index contributed by atoms with van der Waals surface area (Å²) in [6, 6.07) is 4.86. The van der Waals surface area contributed by atoms with Crippen LogP contribution in [0.4, 0.5) is 9.18 Å². The first-order valence-electron chi connectivity index (χ1n) is 10.3. The maximum atomic E-state index is 14.0. The molecule has 152 valence electrons. The molecule has 2 heterocycles. The van der Waals surface area contributed by atoms with E-state index in [1.54, 1.807) is 11.0 Å². The van der Waals surface area contributed by atoms with Gasteiger partial charge in [-0.05, 0) is 49.3 Å². The van der Waals surface area contributed by atoms with Crippen molar-refractivity contribution in [2.45, 2.75) is 38.1 Å². The highest BCUT2D eigenvalue weighted by Gasteiger charge is 2.32. The van der Waals surface area contributed by atoms with E-state index < -0.39 is 0 Å². The van der Waals surface area contributed by atoms with Gasteiger partial charge in [-0.3, -0.25) is 4.79 Å². The van der Waals surface area contributed by atoms with Gasteiger partial charge in [-0.2, -0.15) is 0 Å². The Balaban J connectivity index is 1.31. The van der Waals surface area contributed by atoms with Crippen LogP contribution in [0.1, 0.15) is 42.9 Å². The number of hydrogen-bond donors (Lipinski definition) is 1. The molecule has 0 bridgehead atoms. The molecule has 1 N–H and O–H groups in total. The van der Waals surface area contributed by atoms with Crippen molar-refractivity contribution < 1.29 is 18.7 Å². The SMILES string of the molecule is O=C(NC1CCCc2c(F)cccc21)N1CCC(C(=O)N2CCOCC2)CC1. The first kappa shape index (κ1) is 19.2. The van der Waals surface area contributed by atoms with Crippen molar-refractivity contribution >= 4 is 11.9 Å². The Hall–Kier alpha value is -2.15. The Morgan fingerprint density at radius 2 is 1.79 bits per heavy atom. The summed E-state index contributed by atoms with van der Waals surface area (Å²) in [5.74, 6) is 0.00517. The van der Waals surface area contributed by atoms with Crippen LogP contribution in [0.15, 0.2) is 18.2 Å². The monoisotopic (exact) mass is 389 g/mol. The molecule has 2 aliphatic heterocycles. The molecule has 2 saturated heterocycles. The number of hydrogen-bond acceptors (Lipinski definition) is 3. The zero-order valence-electron chi connectivity index (χ0n) is 16.2. The molecule has 3 amide bonds. The van der Waals surface area contributed by atoms with Gasteiger partial charge in [-0.25, -0.2) is 9.18 Å². The molecule has 28 heavy (non-hydrogen) atoms. The van der Waals surface area contributed by atoms with Crippen molar-refractivity contribution in [3.63, 3.8) is 0 Å². The zero-order chi connectivity index (χ0) is 19.5. The van der Waals surface area contributed by atoms with Crippen molar-refractivity contribution in [1.82, 2.24) is 15.1 Å². The van der Waals surface area contributed by atoms with Crippen LogP contribution in [0.25, 0.3) is 0 Å². The number of likely N-dealkylation sites (tertiary alicyclic amines) is 1. The fourth-order valence-corrected chi connectivity index (χ4v) is 4.57. The summed E-state index contributed by atoms with van der Waals surface area (Å²) < 4.78 is 19.4. The molecule has 0 spiro atoms. The van der Waals surface area contributed by atoms with E-state index in [9.17, 15) is 14.0 Å². The minimum atomic E-state index is -0.182. The van der Waals surface area contributed by atoms with E-state index in [1.807, 2.05) is 11.0 Å². The van der Waals surface area contributed by atoms with E-state index in [4.69, 9.17) is 4.74 Å². The van der Waals surface area contributed by atoms with Crippen LogP contribution < -0.4 is 5.32 Å². The number of rotatable bonds is 2. The fraction of sp³-hybridized carbons (Fsp3) is 0.619. The average Bonchev–Trinajstić information content (AvgIpc) is 2.75. The van der Waals surface area contributed by atoms with E-state index in [-0.39, 0.29) is 29.7 Å². The lowest BCUT2D eigenvalue weighted by Crippen LogP contribution is -2.50. The number of urea groups is 1. The number of amides is 3. The number of carbonyl (C=O) groups excluding carboxylic acids is 2. The summed E-state index contributed by atoms with van der Waals surface area (Å²) in [4.78, 5) is 29.1. The molecule has 6 nitrogen and oxygen atoms in total. The zero-order valence-corrected chi connectivity index (χ0v) is 16.2. The van der Waals surface area contributed by atoms with Gasteiger partial charge in [0.2, 0.25) is 5.91 Å². The number of nitrogens with one attached hydrogen (secondary N) is 1. The maximum absolute atomic E-state index is 14.0. The molecule has 2 fully saturated rings. The van der Waals surface area contributed by atoms with Crippen LogP contribution in [0, 0.1) is 11.7 Å². The van der Waals surface area contributed by atoms with Gasteiger partial charge < -0.3 is 19.9 Å². The second kappa shape index (κ2) is 8.47. The number of fused-ring (bicyclic) bond motifs is 1. The predicted octanol–water partition coefficient (Wildman–Crippen LogP) is 2.48.